The maximum absolute atomic E-state index is 12.3. The molecule has 0 aromatic heterocycles. The molecule has 2 atom stereocenters. The van der Waals surface area contributed by atoms with Crippen LogP contribution in [-0.2, 0) is 14.4 Å². The third-order valence-corrected chi connectivity index (χ3v) is 5.46. The van der Waals surface area contributed by atoms with Gasteiger partial charge in [0, 0.05) is 32.0 Å². The molecule has 0 aromatic rings. The number of rotatable bonds is 6. The molecule has 0 aromatic carbocycles. The van der Waals surface area contributed by atoms with Crippen LogP contribution in [0, 0.1) is 17.3 Å². The molecule has 1 heterocycles. The highest BCUT2D eigenvalue weighted by Crippen LogP contribution is 2.48. The third-order valence-electron chi connectivity index (χ3n) is 5.46. The van der Waals surface area contributed by atoms with Gasteiger partial charge in [-0.2, -0.15) is 0 Å². The van der Waals surface area contributed by atoms with E-state index in [1.165, 1.54) is 0 Å². The molecule has 122 valence electrons. The van der Waals surface area contributed by atoms with Gasteiger partial charge in [-0.05, 0) is 38.0 Å². The van der Waals surface area contributed by atoms with Crippen LogP contribution in [0.3, 0.4) is 0 Å². The average Bonchev–Trinajstić information content (AvgIpc) is 3.14. The van der Waals surface area contributed by atoms with Crippen molar-refractivity contribution < 1.29 is 19.5 Å². The molecule has 1 aliphatic heterocycles. The molecule has 1 saturated heterocycles. The summed E-state index contributed by atoms with van der Waals surface area (Å²) in [7, 11) is 0. The molecule has 0 bridgehead atoms. The molecule has 2 aliphatic carbocycles. The predicted molar refractivity (Wildman–Crippen MR) is 79.0 cm³/mol. The lowest BCUT2D eigenvalue weighted by Gasteiger charge is -2.23. The largest absolute Gasteiger partial charge is 0.481 e. The number of carbonyl (C=O) groups is 3. The predicted octanol–water partition coefficient (Wildman–Crippen LogP) is 1.01. The number of aliphatic carboxylic acids is 1. The molecule has 6 nitrogen and oxygen atoms in total. The zero-order valence-corrected chi connectivity index (χ0v) is 12.8. The van der Waals surface area contributed by atoms with E-state index in [2.05, 4.69) is 5.32 Å². The topological polar surface area (TPSA) is 86.7 Å². The van der Waals surface area contributed by atoms with Crippen molar-refractivity contribution in [3.63, 3.8) is 0 Å². The number of carboxylic acid groups (broad SMARTS) is 1. The Morgan fingerprint density at radius 2 is 2.00 bits per heavy atom. The van der Waals surface area contributed by atoms with Gasteiger partial charge in [-0.15, -0.1) is 0 Å². The smallest absolute Gasteiger partial charge is 0.311 e. The fourth-order valence-electron chi connectivity index (χ4n) is 3.93. The van der Waals surface area contributed by atoms with E-state index in [-0.39, 0.29) is 23.7 Å². The molecule has 0 radical (unpaired) electrons. The maximum Gasteiger partial charge on any atom is 0.311 e. The van der Waals surface area contributed by atoms with E-state index in [4.69, 9.17) is 0 Å². The van der Waals surface area contributed by atoms with Crippen molar-refractivity contribution in [2.24, 2.45) is 17.3 Å². The minimum atomic E-state index is -0.748. The molecule has 3 fully saturated rings. The molecule has 6 heteroatoms. The summed E-state index contributed by atoms with van der Waals surface area (Å²) < 4.78 is 0. The van der Waals surface area contributed by atoms with E-state index in [1.807, 2.05) is 0 Å². The van der Waals surface area contributed by atoms with E-state index in [0.29, 0.717) is 38.9 Å². The van der Waals surface area contributed by atoms with Gasteiger partial charge in [-0.3, -0.25) is 14.4 Å². The number of fused-ring (bicyclic) bond motifs is 1. The Morgan fingerprint density at radius 1 is 1.23 bits per heavy atom. The number of likely N-dealkylation sites (tertiary alicyclic amines) is 1. The highest BCUT2D eigenvalue weighted by Gasteiger charge is 2.55. The summed E-state index contributed by atoms with van der Waals surface area (Å²) in [5.41, 5.74) is -0.699. The third kappa shape index (κ3) is 2.83. The number of nitrogens with zero attached hydrogens (tertiary/aromatic N) is 1. The summed E-state index contributed by atoms with van der Waals surface area (Å²) in [5, 5.41) is 12.4. The summed E-state index contributed by atoms with van der Waals surface area (Å²) >= 11 is 0. The highest BCUT2D eigenvalue weighted by atomic mass is 16.4. The quantitative estimate of drug-likeness (QED) is 0.717. The van der Waals surface area contributed by atoms with E-state index in [0.717, 1.165) is 25.7 Å². The second-order valence-corrected chi connectivity index (χ2v) is 6.99. The monoisotopic (exact) mass is 308 g/mol. The summed E-state index contributed by atoms with van der Waals surface area (Å²) in [5.74, 6) is -0.307. The molecular formula is C16H24N2O4. The van der Waals surface area contributed by atoms with Crippen molar-refractivity contribution in [1.82, 2.24) is 10.2 Å². The van der Waals surface area contributed by atoms with Crippen LogP contribution in [0.5, 0.6) is 0 Å². The standard InChI is InChI=1S/C16H24N2O4/c19-13(4-2-8-17-14(20)11-5-6-11)18-9-12-3-1-7-16(12,10-18)15(21)22/h11-12H,1-10H2,(H,17,20)(H,21,22)/t12-,16+/m0/s1. The first-order valence-corrected chi connectivity index (χ1v) is 8.32. The second-order valence-electron chi connectivity index (χ2n) is 6.99. The molecule has 0 spiro atoms. The summed E-state index contributed by atoms with van der Waals surface area (Å²) in [4.78, 5) is 37.1. The van der Waals surface area contributed by atoms with E-state index in [9.17, 15) is 19.5 Å². The molecule has 2 amide bonds. The van der Waals surface area contributed by atoms with Gasteiger partial charge in [0.1, 0.15) is 0 Å². The van der Waals surface area contributed by atoms with Crippen molar-refractivity contribution in [3.05, 3.63) is 0 Å². The lowest BCUT2D eigenvalue weighted by atomic mass is 9.81. The Kier molecular flexibility index (Phi) is 4.10. The van der Waals surface area contributed by atoms with E-state index >= 15 is 0 Å². The van der Waals surface area contributed by atoms with Crippen LogP contribution >= 0.6 is 0 Å². The van der Waals surface area contributed by atoms with Crippen molar-refractivity contribution in [3.8, 4) is 0 Å². The lowest BCUT2D eigenvalue weighted by Crippen LogP contribution is -2.37. The Balaban J connectivity index is 1.43. The van der Waals surface area contributed by atoms with Gasteiger partial charge in [-0.1, -0.05) is 6.42 Å². The van der Waals surface area contributed by atoms with Crippen LogP contribution in [0.15, 0.2) is 0 Å². The van der Waals surface area contributed by atoms with Gasteiger partial charge in [0.15, 0.2) is 0 Å². The lowest BCUT2D eigenvalue weighted by molar-refractivity contribution is -0.149. The maximum atomic E-state index is 12.3. The zero-order valence-electron chi connectivity index (χ0n) is 12.8. The van der Waals surface area contributed by atoms with Gasteiger partial charge >= 0.3 is 5.97 Å². The first-order chi connectivity index (χ1) is 10.5. The first-order valence-electron chi connectivity index (χ1n) is 8.32. The van der Waals surface area contributed by atoms with Crippen molar-refractivity contribution in [1.29, 1.82) is 0 Å². The fraction of sp³-hybridized carbons (Fsp3) is 0.812. The molecule has 22 heavy (non-hydrogen) atoms. The van der Waals surface area contributed by atoms with Crippen LogP contribution in [-0.4, -0.2) is 47.4 Å². The fourth-order valence-corrected chi connectivity index (χ4v) is 3.93. The number of amides is 2. The molecular weight excluding hydrogens is 284 g/mol. The number of nitrogens with one attached hydrogen (secondary N) is 1. The Bertz CT molecular complexity index is 489. The van der Waals surface area contributed by atoms with Gasteiger partial charge in [0.05, 0.1) is 5.41 Å². The minimum absolute atomic E-state index is 0.0238. The van der Waals surface area contributed by atoms with Gasteiger partial charge in [0.25, 0.3) is 0 Å². The average molecular weight is 308 g/mol. The minimum Gasteiger partial charge on any atom is -0.481 e. The SMILES string of the molecule is O=C(NCCCC(=O)N1C[C@@H]2CCC[C@@]2(C(=O)O)C1)C1CC1. The number of carboxylic acids is 1. The van der Waals surface area contributed by atoms with Crippen LogP contribution in [0.4, 0.5) is 0 Å². The second kappa shape index (κ2) is 5.89. The molecule has 3 rings (SSSR count). The Morgan fingerprint density at radius 3 is 2.64 bits per heavy atom. The van der Waals surface area contributed by atoms with E-state index < -0.39 is 11.4 Å². The van der Waals surface area contributed by atoms with E-state index in [1.54, 1.807) is 4.90 Å². The summed E-state index contributed by atoms with van der Waals surface area (Å²) in [6.45, 7) is 1.47. The van der Waals surface area contributed by atoms with Crippen molar-refractivity contribution in [2.75, 3.05) is 19.6 Å². The Hall–Kier alpha value is -1.59. The molecule has 0 unspecified atom stereocenters. The van der Waals surface area contributed by atoms with Crippen LogP contribution < -0.4 is 5.32 Å². The zero-order chi connectivity index (χ0) is 15.7. The number of hydrogen-bond acceptors (Lipinski definition) is 3. The first kappa shape index (κ1) is 15.3. The number of hydrogen-bond donors (Lipinski definition) is 2. The molecule has 2 N–H and O–H groups in total. The van der Waals surface area contributed by atoms with Crippen LogP contribution in [0.2, 0.25) is 0 Å². The van der Waals surface area contributed by atoms with Gasteiger partial charge in [-0.25, -0.2) is 0 Å². The summed E-state index contributed by atoms with van der Waals surface area (Å²) in [6.07, 6.45) is 5.52. The van der Waals surface area contributed by atoms with Crippen molar-refractivity contribution in [2.45, 2.75) is 44.9 Å². The molecule has 3 aliphatic rings. The van der Waals surface area contributed by atoms with Crippen molar-refractivity contribution >= 4 is 17.8 Å². The Labute approximate surface area is 130 Å². The normalized spacial score (nSPS) is 30.2. The molecule has 2 saturated carbocycles. The van der Waals surface area contributed by atoms with Gasteiger partial charge in [0.2, 0.25) is 11.8 Å². The van der Waals surface area contributed by atoms with Crippen LogP contribution in [0.25, 0.3) is 0 Å². The van der Waals surface area contributed by atoms with Gasteiger partial charge < -0.3 is 15.3 Å². The highest BCUT2D eigenvalue weighted by molar-refractivity contribution is 5.82. The summed E-state index contributed by atoms with van der Waals surface area (Å²) in [6, 6.07) is 0. The number of carbonyl (C=O) groups excluding carboxylic acids is 2. The van der Waals surface area contributed by atoms with Crippen LogP contribution in [0.1, 0.15) is 44.9 Å².